The molecule has 0 radical (unpaired) electrons. The number of nitrogens with zero attached hydrogens (tertiary/aromatic N) is 3. The standard InChI is InChI=1S/C16H20N4O3S/c1-3-5-8-23-13-7-6-12(9-14(13)22-4-2)10-18-20-15(21)11-17-19-16(20)24/h6-7,9-11H,3-5,8H2,1-2H3,(H,19,24)/b18-10+. The molecule has 1 aromatic carbocycles. The van der Waals surface area contributed by atoms with Crippen molar-refractivity contribution in [3.8, 4) is 11.5 Å². The van der Waals surface area contributed by atoms with E-state index in [1.54, 1.807) is 0 Å². The van der Waals surface area contributed by atoms with Crippen LogP contribution < -0.4 is 15.0 Å². The van der Waals surface area contributed by atoms with Gasteiger partial charge in [0.1, 0.15) is 6.20 Å². The molecule has 7 nitrogen and oxygen atoms in total. The van der Waals surface area contributed by atoms with Gasteiger partial charge in [-0.3, -0.25) is 9.89 Å². The Kier molecular flexibility index (Phi) is 6.68. The molecule has 0 aliphatic rings. The molecule has 0 aliphatic carbocycles. The molecular formula is C16H20N4O3S. The summed E-state index contributed by atoms with van der Waals surface area (Å²) in [6.07, 6.45) is 4.69. The molecule has 128 valence electrons. The Balaban J connectivity index is 2.24. The molecule has 0 saturated carbocycles. The summed E-state index contributed by atoms with van der Waals surface area (Å²) in [5, 5.41) is 10.2. The van der Waals surface area contributed by atoms with E-state index in [0.717, 1.165) is 29.3 Å². The van der Waals surface area contributed by atoms with Crippen molar-refractivity contribution in [2.75, 3.05) is 13.2 Å². The molecule has 2 aromatic rings. The molecule has 1 heterocycles. The van der Waals surface area contributed by atoms with Crippen LogP contribution in [0.5, 0.6) is 11.5 Å². The molecule has 0 saturated heterocycles. The summed E-state index contributed by atoms with van der Waals surface area (Å²) in [5.74, 6) is 1.34. The number of nitrogens with one attached hydrogen (secondary N) is 1. The maximum absolute atomic E-state index is 11.7. The fraction of sp³-hybridized carbons (Fsp3) is 0.375. The molecule has 0 fully saturated rings. The molecule has 1 aromatic heterocycles. The van der Waals surface area contributed by atoms with Crippen LogP contribution in [0.15, 0.2) is 34.3 Å². The molecule has 2 rings (SSSR count). The Morgan fingerprint density at radius 3 is 2.88 bits per heavy atom. The summed E-state index contributed by atoms with van der Waals surface area (Å²) >= 11 is 4.99. The zero-order valence-electron chi connectivity index (χ0n) is 13.7. The van der Waals surface area contributed by atoms with Gasteiger partial charge in [0.15, 0.2) is 11.5 Å². The minimum absolute atomic E-state index is 0.128. The largest absolute Gasteiger partial charge is 0.490 e. The maximum atomic E-state index is 11.7. The van der Waals surface area contributed by atoms with E-state index in [-0.39, 0.29) is 4.77 Å². The van der Waals surface area contributed by atoms with E-state index < -0.39 is 5.56 Å². The number of ether oxygens (including phenoxy) is 2. The third kappa shape index (κ3) is 4.76. The van der Waals surface area contributed by atoms with E-state index in [1.165, 1.54) is 6.21 Å². The smallest absolute Gasteiger partial charge is 0.293 e. The third-order valence-corrected chi connectivity index (χ3v) is 3.35. The lowest BCUT2D eigenvalue weighted by Crippen LogP contribution is -2.18. The number of hydrogen-bond donors (Lipinski definition) is 1. The molecule has 1 N–H and O–H groups in total. The zero-order valence-corrected chi connectivity index (χ0v) is 14.5. The van der Waals surface area contributed by atoms with Gasteiger partial charge in [-0.25, -0.2) is 0 Å². The SMILES string of the molecule is CCCCOc1ccc(/C=N/n2c(=O)cn[nH]c2=S)cc1OCC. The lowest BCUT2D eigenvalue weighted by atomic mass is 10.2. The van der Waals surface area contributed by atoms with Crippen LogP contribution in [0.2, 0.25) is 0 Å². The average molecular weight is 348 g/mol. The molecule has 0 bridgehead atoms. The van der Waals surface area contributed by atoms with Crippen LogP contribution in [0.4, 0.5) is 0 Å². The molecule has 8 heteroatoms. The molecule has 0 atom stereocenters. The fourth-order valence-corrected chi connectivity index (χ4v) is 2.09. The topological polar surface area (TPSA) is 81.5 Å². The summed E-state index contributed by atoms with van der Waals surface area (Å²) in [7, 11) is 0. The third-order valence-electron chi connectivity index (χ3n) is 3.08. The normalized spacial score (nSPS) is 10.9. The van der Waals surface area contributed by atoms with Gasteiger partial charge in [0, 0.05) is 0 Å². The van der Waals surface area contributed by atoms with E-state index in [2.05, 4.69) is 22.2 Å². The average Bonchev–Trinajstić information content (AvgIpc) is 2.56. The quantitative estimate of drug-likeness (QED) is 0.451. The molecule has 0 spiro atoms. The Hall–Kier alpha value is -2.48. The van der Waals surface area contributed by atoms with Crippen LogP contribution >= 0.6 is 12.2 Å². The zero-order chi connectivity index (χ0) is 17.4. The van der Waals surface area contributed by atoms with Crippen molar-refractivity contribution in [2.45, 2.75) is 26.7 Å². The van der Waals surface area contributed by atoms with Gasteiger partial charge < -0.3 is 9.47 Å². The predicted octanol–water partition coefficient (Wildman–Crippen LogP) is 2.76. The van der Waals surface area contributed by atoms with E-state index in [0.29, 0.717) is 24.7 Å². The first-order valence-corrected chi connectivity index (χ1v) is 8.17. The molecule has 0 aliphatic heterocycles. The summed E-state index contributed by atoms with van der Waals surface area (Å²) < 4.78 is 12.5. The number of unbranched alkanes of at least 4 members (excludes halogenated alkanes) is 1. The van der Waals surface area contributed by atoms with Gasteiger partial charge in [-0.15, -0.1) is 0 Å². The van der Waals surface area contributed by atoms with E-state index in [1.807, 2.05) is 25.1 Å². The van der Waals surface area contributed by atoms with Gasteiger partial charge in [0.2, 0.25) is 4.77 Å². The molecule has 24 heavy (non-hydrogen) atoms. The summed E-state index contributed by atoms with van der Waals surface area (Å²) in [6, 6.07) is 5.48. The van der Waals surface area contributed by atoms with Gasteiger partial charge in [-0.05, 0) is 49.3 Å². The van der Waals surface area contributed by atoms with E-state index >= 15 is 0 Å². The van der Waals surface area contributed by atoms with Crippen molar-refractivity contribution in [2.24, 2.45) is 5.10 Å². The molecule has 0 amide bonds. The second-order valence-electron chi connectivity index (χ2n) is 4.91. The highest BCUT2D eigenvalue weighted by molar-refractivity contribution is 7.71. The number of hydrogen-bond acceptors (Lipinski definition) is 6. The van der Waals surface area contributed by atoms with Crippen molar-refractivity contribution in [1.29, 1.82) is 0 Å². The van der Waals surface area contributed by atoms with Gasteiger partial charge >= 0.3 is 0 Å². The van der Waals surface area contributed by atoms with Crippen molar-refractivity contribution < 1.29 is 9.47 Å². The highest BCUT2D eigenvalue weighted by atomic mass is 32.1. The van der Waals surface area contributed by atoms with Crippen molar-refractivity contribution in [1.82, 2.24) is 14.9 Å². The minimum atomic E-state index is -0.403. The first-order chi connectivity index (χ1) is 11.7. The summed E-state index contributed by atoms with van der Waals surface area (Å²) in [4.78, 5) is 11.7. The summed E-state index contributed by atoms with van der Waals surface area (Å²) in [5.41, 5.74) is 0.360. The Labute approximate surface area is 144 Å². The lowest BCUT2D eigenvalue weighted by molar-refractivity contribution is 0.272. The minimum Gasteiger partial charge on any atom is -0.490 e. The highest BCUT2D eigenvalue weighted by Crippen LogP contribution is 2.28. The second-order valence-corrected chi connectivity index (χ2v) is 5.30. The molecule has 0 unspecified atom stereocenters. The van der Waals surface area contributed by atoms with Crippen LogP contribution in [0.3, 0.4) is 0 Å². The van der Waals surface area contributed by atoms with Crippen molar-refractivity contribution in [3.05, 3.63) is 45.1 Å². The van der Waals surface area contributed by atoms with Gasteiger partial charge in [-0.2, -0.15) is 14.9 Å². The van der Waals surface area contributed by atoms with Crippen LogP contribution in [0.25, 0.3) is 0 Å². The summed E-state index contributed by atoms with van der Waals surface area (Å²) in [6.45, 7) is 5.19. The first-order valence-electron chi connectivity index (χ1n) is 7.76. The number of aromatic amines is 1. The Bertz CT molecular complexity index is 785. The Morgan fingerprint density at radius 1 is 1.33 bits per heavy atom. The number of benzene rings is 1. The monoisotopic (exact) mass is 348 g/mol. The van der Waals surface area contributed by atoms with E-state index in [4.69, 9.17) is 21.7 Å². The fourth-order valence-electron chi connectivity index (χ4n) is 1.90. The number of H-pyrrole nitrogens is 1. The van der Waals surface area contributed by atoms with Crippen LogP contribution in [0, 0.1) is 4.77 Å². The maximum Gasteiger partial charge on any atom is 0.293 e. The molecular weight excluding hydrogens is 328 g/mol. The Morgan fingerprint density at radius 2 is 2.17 bits per heavy atom. The van der Waals surface area contributed by atoms with Crippen LogP contribution in [-0.4, -0.2) is 34.3 Å². The van der Waals surface area contributed by atoms with Crippen molar-refractivity contribution in [3.63, 3.8) is 0 Å². The van der Waals surface area contributed by atoms with Gasteiger partial charge in [0.05, 0.1) is 19.4 Å². The first kappa shape index (κ1) is 17.9. The highest BCUT2D eigenvalue weighted by Gasteiger charge is 2.06. The van der Waals surface area contributed by atoms with Gasteiger partial charge in [-0.1, -0.05) is 13.3 Å². The second kappa shape index (κ2) is 8.97. The van der Waals surface area contributed by atoms with E-state index in [9.17, 15) is 4.79 Å². The number of aromatic nitrogens is 3. The lowest BCUT2D eigenvalue weighted by Gasteiger charge is -2.12. The van der Waals surface area contributed by atoms with Crippen molar-refractivity contribution >= 4 is 18.4 Å². The number of rotatable bonds is 8. The van der Waals surface area contributed by atoms with Gasteiger partial charge in [0.25, 0.3) is 5.56 Å². The van der Waals surface area contributed by atoms with Crippen LogP contribution in [-0.2, 0) is 0 Å². The predicted molar refractivity (Wildman–Crippen MR) is 94.7 cm³/mol. The van der Waals surface area contributed by atoms with Crippen LogP contribution in [0.1, 0.15) is 32.3 Å².